The first-order valence-corrected chi connectivity index (χ1v) is 5.77. The molecular weight excluding hydrogens is 232 g/mol. The Bertz CT molecular complexity index is 418. The summed E-state index contributed by atoms with van der Waals surface area (Å²) in [6.45, 7) is 4.82. The van der Waals surface area contributed by atoms with Gasteiger partial charge in [0.25, 0.3) is 0 Å². The van der Waals surface area contributed by atoms with Crippen molar-refractivity contribution in [2.45, 2.75) is 32.4 Å². The quantitative estimate of drug-likeness (QED) is 0.254. The zero-order valence-electron chi connectivity index (χ0n) is 10.7. The average molecular weight is 252 g/mol. The van der Waals surface area contributed by atoms with E-state index in [1.165, 1.54) is 0 Å². The topological polar surface area (TPSA) is 104 Å². The molecule has 0 radical (unpaired) electrons. The zero-order chi connectivity index (χ0) is 13.6. The van der Waals surface area contributed by atoms with Crippen LogP contribution < -0.4 is 11.1 Å². The first-order chi connectivity index (χ1) is 8.48. The van der Waals surface area contributed by atoms with Gasteiger partial charge in [0, 0.05) is 24.9 Å². The van der Waals surface area contributed by atoms with E-state index in [4.69, 9.17) is 16.0 Å². The van der Waals surface area contributed by atoms with Crippen molar-refractivity contribution in [3.63, 3.8) is 0 Å². The molecule has 0 unspecified atom stereocenters. The summed E-state index contributed by atoms with van der Waals surface area (Å²) in [5, 5.41) is 23.8. The van der Waals surface area contributed by atoms with Gasteiger partial charge in [-0.15, -0.1) is 0 Å². The maximum absolute atomic E-state index is 8.94. The number of hydrogen-bond acceptors (Lipinski definition) is 5. The predicted octanol–water partition coefficient (Wildman–Crippen LogP) is 0.427. The molecule has 0 aliphatic rings. The number of nitrogens with zero attached hydrogens (tertiary/aromatic N) is 2. The van der Waals surface area contributed by atoms with E-state index in [0.29, 0.717) is 18.7 Å². The number of nitrogens with one attached hydrogen (secondary N) is 1. The van der Waals surface area contributed by atoms with Crippen molar-refractivity contribution in [1.82, 2.24) is 10.3 Å². The molecule has 0 aliphatic heterocycles. The highest BCUT2D eigenvalue weighted by molar-refractivity contribution is 5.95. The van der Waals surface area contributed by atoms with Crippen LogP contribution in [0.5, 0.6) is 0 Å². The van der Waals surface area contributed by atoms with Crippen molar-refractivity contribution in [2.24, 2.45) is 10.9 Å². The van der Waals surface area contributed by atoms with Crippen LogP contribution in [-0.4, -0.2) is 33.3 Å². The van der Waals surface area contributed by atoms with Crippen LogP contribution in [0.25, 0.3) is 0 Å². The number of rotatable bonds is 6. The Hall–Kier alpha value is -1.66. The Morgan fingerprint density at radius 2 is 2.28 bits per heavy atom. The molecule has 5 N–H and O–H groups in total. The van der Waals surface area contributed by atoms with Gasteiger partial charge in [-0.05, 0) is 38.0 Å². The molecule has 100 valence electrons. The maximum atomic E-state index is 8.94. The van der Waals surface area contributed by atoms with Crippen LogP contribution in [-0.2, 0) is 6.54 Å². The molecule has 0 atom stereocenters. The van der Waals surface area contributed by atoms with Crippen LogP contribution in [0.15, 0.2) is 23.5 Å². The Morgan fingerprint density at radius 3 is 2.89 bits per heavy atom. The number of pyridine rings is 1. The number of oxime groups is 1. The summed E-state index contributed by atoms with van der Waals surface area (Å²) < 4.78 is 0. The Kier molecular flexibility index (Phi) is 5.06. The lowest BCUT2D eigenvalue weighted by atomic mass is 10.0. The first-order valence-electron chi connectivity index (χ1n) is 5.77. The van der Waals surface area contributed by atoms with Gasteiger partial charge in [0.2, 0.25) is 0 Å². The van der Waals surface area contributed by atoms with Gasteiger partial charge in [0.15, 0.2) is 5.84 Å². The van der Waals surface area contributed by atoms with Gasteiger partial charge in [-0.3, -0.25) is 4.98 Å². The van der Waals surface area contributed by atoms with Crippen LogP contribution >= 0.6 is 0 Å². The lowest BCUT2D eigenvalue weighted by molar-refractivity contribution is 0.230. The van der Waals surface area contributed by atoms with Crippen molar-refractivity contribution < 1.29 is 10.3 Å². The zero-order valence-corrected chi connectivity index (χ0v) is 10.7. The van der Waals surface area contributed by atoms with E-state index in [1.807, 2.05) is 19.9 Å². The molecule has 0 spiro atoms. The molecule has 0 saturated carbocycles. The number of aliphatic hydroxyl groups is 1. The second-order valence-corrected chi connectivity index (χ2v) is 4.75. The van der Waals surface area contributed by atoms with Crippen molar-refractivity contribution in [1.29, 1.82) is 0 Å². The van der Waals surface area contributed by atoms with Crippen molar-refractivity contribution in [3.05, 3.63) is 29.6 Å². The van der Waals surface area contributed by atoms with E-state index >= 15 is 0 Å². The van der Waals surface area contributed by atoms with Gasteiger partial charge in [-0.25, -0.2) is 0 Å². The van der Waals surface area contributed by atoms with Gasteiger partial charge < -0.3 is 21.4 Å². The van der Waals surface area contributed by atoms with Gasteiger partial charge >= 0.3 is 0 Å². The van der Waals surface area contributed by atoms with Crippen LogP contribution in [0.3, 0.4) is 0 Å². The molecular formula is C12H20N4O2. The fourth-order valence-electron chi connectivity index (χ4n) is 1.48. The van der Waals surface area contributed by atoms with E-state index in [9.17, 15) is 0 Å². The van der Waals surface area contributed by atoms with Gasteiger partial charge in [0.1, 0.15) is 5.69 Å². The highest BCUT2D eigenvalue weighted by Gasteiger charge is 2.15. The lowest BCUT2D eigenvalue weighted by Crippen LogP contribution is -2.39. The molecule has 6 heteroatoms. The van der Waals surface area contributed by atoms with Crippen LogP contribution in [0, 0.1) is 0 Å². The Morgan fingerprint density at radius 1 is 1.56 bits per heavy atom. The SMILES string of the molecule is CC(C)(CCO)NCc1ccnc(/C(N)=N/O)c1. The normalized spacial score (nSPS) is 12.7. The third-order valence-corrected chi connectivity index (χ3v) is 2.70. The molecule has 0 aromatic carbocycles. The minimum absolute atomic E-state index is 0.00790. The number of amidine groups is 1. The maximum Gasteiger partial charge on any atom is 0.188 e. The number of nitrogens with two attached hydrogens (primary N) is 1. The summed E-state index contributed by atoms with van der Waals surface area (Å²) in [6.07, 6.45) is 2.29. The highest BCUT2D eigenvalue weighted by Crippen LogP contribution is 2.09. The monoisotopic (exact) mass is 252 g/mol. The molecule has 0 amide bonds. The molecule has 6 nitrogen and oxygen atoms in total. The second kappa shape index (κ2) is 6.32. The van der Waals surface area contributed by atoms with E-state index < -0.39 is 0 Å². The third-order valence-electron chi connectivity index (χ3n) is 2.70. The number of hydrogen-bond donors (Lipinski definition) is 4. The van der Waals surface area contributed by atoms with Crippen molar-refractivity contribution >= 4 is 5.84 Å². The fourth-order valence-corrected chi connectivity index (χ4v) is 1.48. The number of aliphatic hydroxyl groups excluding tert-OH is 1. The second-order valence-electron chi connectivity index (χ2n) is 4.75. The fraction of sp³-hybridized carbons (Fsp3) is 0.500. The van der Waals surface area contributed by atoms with E-state index in [2.05, 4.69) is 15.5 Å². The minimum Gasteiger partial charge on any atom is -0.409 e. The average Bonchev–Trinajstić information content (AvgIpc) is 2.36. The molecule has 1 heterocycles. The minimum atomic E-state index is -0.144. The van der Waals surface area contributed by atoms with Gasteiger partial charge in [-0.1, -0.05) is 5.16 Å². The molecule has 0 fully saturated rings. The predicted molar refractivity (Wildman–Crippen MR) is 69.4 cm³/mol. The molecule has 0 saturated heterocycles. The van der Waals surface area contributed by atoms with Gasteiger partial charge in [-0.2, -0.15) is 0 Å². The summed E-state index contributed by atoms with van der Waals surface area (Å²) >= 11 is 0. The third kappa shape index (κ3) is 4.31. The van der Waals surface area contributed by atoms with Crippen LogP contribution in [0.2, 0.25) is 0 Å². The van der Waals surface area contributed by atoms with Crippen molar-refractivity contribution in [2.75, 3.05) is 6.61 Å². The molecule has 18 heavy (non-hydrogen) atoms. The summed E-state index contributed by atoms with van der Waals surface area (Å²) in [5.74, 6) is -0.00790. The summed E-state index contributed by atoms with van der Waals surface area (Å²) in [4.78, 5) is 4.01. The van der Waals surface area contributed by atoms with E-state index in [0.717, 1.165) is 5.56 Å². The Balaban J connectivity index is 2.69. The summed E-state index contributed by atoms with van der Waals surface area (Å²) in [6, 6.07) is 3.62. The molecule has 0 bridgehead atoms. The lowest BCUT2D eigenvalue weighted by Gasteiger charge is -2.25. The largest absolute Gasteiger partial charge is 0.409 e. The first kappa shape index (κ1) is 14.4. The summed E-state index contributed by atoms with van der Waals surface area (Å²) in [5.41, 5.74) is 6.76. The molecule has 1 rings (SSSR count). The number of aromatic nitrogens is 1. The van der Waals surface area contributed by atoms with Gasteiger partial charge in [0.05, 0.1) is 0 Å². The van der Waals surface area contributed by atoms with Crippen molar-refractivity contribution in [3.8, 4) is 0 Å². The standard InChI is InChI=1S/C12H20N4O2/c1-12(2,4-6-17)15-8-9-3-5-14-10(7-9)11(13)16-18/h3,5,7,15,17-18H,4,6,8H2,1-2H3,(H2,13,16). The molecule has 1 aromatic rings. The smallest absolute Gasteiger partial charge is 0.188 e. The van der Waals surface area contributed by atoms with Crippen LogP contribution in [0.1, 0.15) is 31.5 Å². The highest BCUT2D eigenvalue weighted by atomic mass is 16.4. The molecule has 0 aliphatic carbocycles. The van der Waals surface area contributed by atoms with Crippen LogP contribution in [0.4, 0.5) is 0 Å². The van der Waals surface area contributed by atoms with E-state index in [-0.39, 0.29) is 18.0 Å². The molecule has 1 aromatic heterocycles. The summed E-state index contributed by atoms with van der Waals surface area (Å²) in [7, 11) is 0. The van der Waals surface area contributed by atoms with E-state index in [1.54, 1.807) is 12.3 Å². The Labute approximate surface area is 107 Å².